The van der Waals surface area contributed by atoms with E-state index in [2.05, 4.69) is 0 Å². The predicted octanol–water partition coefficient (Wildman–Crippen LogP) is 4.32. The number of rotatable bonds is 11. The van der Waals surface area contributed by atoms with Crippen LogP contribution in [0.1, 0.15) is 56.9 Å². The molecule has 5 nitrogen and oxygen atoms in total. The van der Waals surface area contributed by atoms with Gasteiger partial charge in [0.2, 0.25) is 11.7 Å². The topological polar surface area (TPSA) is 74.7 Å². The number of halogens is 2. The Kier molecular flexibility index (Phi) is 8.49. The molecule has 0 saturated carbocycles. The maximum absolute atomic E-state index is 14.3. The van der Waals surface area contributed by atoms with Gasteiger partial charge in [-0.1, -0.05) is 49.2 Å². The van der Waals surface area contributed by atoms with Crippen LogP contribution in [0.25, 0.3) is 0 Å². The van der Waals surface area contributed by atoms with Gasteiger partial charge in [0.1, 0.15) is 0 Å². The third kappa shape index (κ3) is 6.76. The van der Waals surface area contributed by atoms with Gasteiger partial charge in [-0.25, -0.2) is 0 Å². The molecule has 0 aliphatic carbocycles. The quantitative estimate of drug-likeness (QED) is 0.438. The molecule has 1 aliphatic rings. The van der Waals surface area contributed by atoms with E-state index in [9.17, 15) is 23.2 Å². The first kappa shape index (κ1) is 22.7. The minimum atomic E-state index is -3.61. The van der Waals surface area contributed by atoms with Crippen LogP contribution >= 0.6 is 0 Å². The van der Waals surface area contributed by atoms with E-state index in [1.165, 1.54) is 30.3 Å². The Hall–Kier alpha value is -2.57. The second-order valence-corrected chi connectivity index (χ2v) is 7.27. The molecule has 1 atom stereocenters. The van der Waals surface area contributed by atoms with Gasteiger partial charge in [0.15, 0.2) is 0 Å². The van der Waals surface area contributed by atoms with Crippen LogP contribution in [0.5, 0.6) is 0 Å². The van der Waals surface area contributed by atoms with E-state index >= 15 is 0 Å². The van der Waals surface area contributed by atoms with Crippen LogP contribution in [0.4, 0.5) is 8.78 Å². The van der Waals surface area contributed by atoms with Crippen molar-refractivity contribution in [3.05, 3.63) is 48.0 Å². The third-order valence-electron chi connectivity index (χ3n) is 5.07. The van der Waals surface area contributed by atoms with Crippen molar-refractivity contribution in [3.63, 3.8) is 0 Å². The number of allylic oxidation sites excluding steroid dienone is 1. The first-order valence-corrected chi connectivity index (χ1v) is 9.99. The lowest BCUT2D eigenvalue weighted by atomic mass is 9.98. The Labute approximate surface area is 169 Å². The van der Waals surface area contributed by atoms with Crippen molar-refractivity contribution in [2.45, 2.75) is 63.3 Å². The number of likely N-dealkylation sites (tertiary alicyclic amines) is 1. The molecule has 0 spiro atoms. The largest absolute Gasteiger partial charge is 0.481 e. The van der Waals surface area contributed by atoms with Crippen molar-refractivity contribution in [1.82, 2.24) is 4.90 Å². The fourth-order valence-electron chi connectivity index (χ4n) is 3.44. The number of nitrogens with zero attached hydrogens (tertiary/aromatic N) is 1. The molecule has 1 N–H and O–H groups in total. The zero-order valence-electron chi connectivity index (χ0n) is 16.4. The molecule has 1 aliphatic heterocycles. The van der Waals surface area contributed by atoms with Gasteiger partial charge in [-0.05, 0) is 31.8 Å². The Morgan fingerprint density at radius 2 is 1.83 bits per heavy atom. The van der Waals surface area contributed by atoms with Crippen molar-refractivity contribution in [3.8, 4) is 0 Å². The summed E-state index contributed by atoms with van der Waals surface area (Å²) in [4.78, 5) is 36.5. The van der Waals surface area contributed by atoms with E-state index in [0.29, 0.717) is 38.6 Å². The van der Waals surface area contributed by atoms with Gasteiger partial charge in [-0.2, -0.15) is 8.78 Å². The molecule has 29 heavy (non-hydrogen) atoms. The van der Waals surface area contributed by atoms with Gasteiger partial charge in [0, 0.05) is 24.9 Å². The number of carbonyl (C=O) groups excluding carboxylic acids is 2. The Balaban J connectivity index is 1.93. The Bertz CT molecular complexity index is 734. The molecule has 0 aromatic heterocycles. The monoisotopic (exact) mass is 407 g/mol. The molecule has 7 heteroatoms. The molecule has 1 heterocycles. The summed E-state index contributed by atoms with van der Waals surface area (Å²) in [5.74, 6) is -5.77. The van der Waals surface area contributed by atoms with Crippen LogP contribution < -0.4 is 0 Å². The van der Waals surface area contributed by atoms with Crippen LogP contribution in [0.2, 0.25) is 0 Å². The second-order valence-electron chi connectivity index (χ2n) is 7.27. The Morgan fingerprint density at radius 1 is 1.14 bits per heavy atom. The molecule has 1 aromatic rings. The summed E-state index contributed by atoms with van der Waals surface area (Å²) >= 11 is 0. The molecular weight excluding hydrogens is 380 g/mol. The molecule has 0 unspecified atom stereocenters. The summed E-state index contributed by atoms with van der Waals surface area (Å²) in [7, 11) is 0. The highest BCUT2D eigenvalue weighted by Gasteiger charge is 2.39. The maximum Gasteiger partial charge on any atom is 0.334 e. The molecule has 1 fully saturated rings. The highest BCUT2D eigenvalue weighted by atomic mass is 19.3. The number of carbonyl (C=O) groups is 3. The number of hydrogen-bond acceptors (Lipinski definition) is 3. The number of carboxylic acids is 1. The SMILES string of the molecule is O=C(O)CCCCCCN1C(=O)CCC[C@@H]1C=CC(=O)C(F)(F)c1ccccc1. The summed E-state index contributed by atoms with van der Waals surface area (Å²) in [6, 6.07) is 6.58. The van der Waals surface area contributed by atoms with Gasteiger partial charge in [-0.15, -0.1) is 0 Å². The lowest BCUT2D eigenvalue weighted by Gasteiger charge is -2.34. The van der Waals surface area contributed by atoms with Crippen LogP contribution in [-0.4, -0.2) is 40.3 Å². The van der Waals surface area contributed by atoms with Gasteiger partial charge in [-0.3, -0.25) is 14.4 Å². The molecular formula is C22H27F2NO4. The summed E-state index contributed by atoms with van der Waals surface area (Å²) in [5, 5.41) is 8.64. The van der Waals surface area contributed by atoms with E-state index in [-0.39, 0.29) is 23.9 Å². The number of amides is 1. The van der Waals surface area contributed by atoms with E-state index in [1.54, 1.807) is 11.0 Å². The first-order chi connectivity index (χ1) is 13.8. The van der Waals surface area contributed by atoms with E-state index in [1.807, 2.05) is 0 Å². The first-order valence-electron chi connectivity index (χ1n) is 9.99. The zero-order valence-corrected chi connectivity index (χ0v) is 16.4. The summed E-state index contributed by atoms with van der Waals surface area (Å²) < 4.78 is 28.7. The standard InChI is InChI=1S/C22H27F2NO4/c23-22(24,17-9-4-3-5-10-17)19(26)15-14-18-11-8-12-20(27)25(18)16-7-2-1-6-13-21(28)29/h3-5,9-10,14-15,18H,1-2,6-8,11-13,16H2,(H,28,29)/t18-/m1/s1. The van der Waals surface area contributed by atoms with Crippen molar-refractivity contribution < 1.29 is 28.3 Å². The number of hydrogen-bond donors (Lipinski definition) is 1. The minimum absolute atomic E-state index is 0.0429. The highest BCUT2D eigenvalue weighted by molar-refractivity contribution is 5.96. The average molecular weight is 407 g/mol. The molecule has 0 radical (unpaired) electrons. The number of ketones is 1. The van der Waals surface area contributed by atoms with Crippen molar-refractivity contribution >= 4 is 17.7 Å². The number of benzene rings is 1. The van der Waals surface area contributed by atoms with Crippen LogP contribution in [0.15, 0.2) is 42.5 Å². The number of unbranched alkanes of at least 4 members (excludes halogenated alkanes) is 3. The van der Waals surface area contributed by atoms with Gasteiger partial charge in [0.05, 0.1) is 6.04 Å². The van der Waals surface area contributed by atoms with Crippen LogP contribution in [0.3, 0.4) is 0 Å². The lowest BCUT2D eigenvalue weighted by Crippen LogP contribution is -2.43. The summed E-state index contributed by atoms with van der Waals surface area (Å²) in [5.41, 5.74) is -0.354. The minimum Gasteiger partial charge on any atom is -0.481 e. The second kappa shape index (κ2) is 10.8. The molecule has 1 amide bonds. The normalized spacial score (nSPS) is 17.7. The van der Waals surface area contributed by atoms with Crippen LogP contribution in [0, 0.1) is 0 Å². The van der Waals surface area contributed by atoms with Crippen LogP contribution in [-0.2, 0) is 20.3 Å². The van der Waals surface area contributed by atoms with E-state index in [0.717, 1.165) is 18.9 Å². The molecule has 1 aromatic carbocycles. The lowest BCUT2D eigenvalue weighted by molar-refractivity contribution is -0.139. The average Bonchev–Trinajstić information content (AvgIpc) is 2.70. The zero-order chi connectivity index (χ0) is 21.3. The molecule has 1 saturated heterocycles. The van der Waals surface area contributed by atoms with Gasteiger partial charge >= 0.3 is 11.9 Å². The number of alkyl halides is 2. The van der Waals surface area contributed by atoms with Gasteiger partial charge < -0.3 is 10.0 Å². The van der Waals surface area contributed by atoms with Crippen molar-refractivity contribution in [1.29, 1.82) is 0 Å². The molecule has 0 bridgehead atoms. The van der Waals surface area contributed by atoms with Crippen molar-refractivity contribution in [2.24, 2.45) is 0 Å². The number of carboxylic acid groups (broad SMARTS) is 1. The molecule has 158 valence electrons. The summed E-state index contributed by atoms with van der Waals surface area (Å²) in [6.45, 7) is 0.476. The van der Waals surface area contributed by atoms with Crippen molar-refractivity contribution in [2.75, 3.05) is 6.54 Å². The number of piperidine rings is 1. The maximum atomic E-state index is 14.3. The highest BCUT2D eigenvalue weighted by Crippen LogP contribution is 2.29. The number of aliphatic carboxylic acids is 1. The summed E-state index contributed by atoms with van der Waals surface area (Å²) in [6.07, 6.45) is 7.01. The fourth-order valence-corrected chi connectivity index (χ4v) is 3.44. The fraction of sp³-hybridized carbons (Fsp3) is 0.500. The predicted molar refractivity (Wildman–Crippen MR) is 105 cm³/mol. The van der Waals surface area contributed by atoms with E-state index < -0.39 is 17.7 Å². The molecule has 2 rings (SSSR count). The van der Waals surface area contributed by atoms with E-state index in [4.69, 9.17) is 5.11 Å². The smallest absolute Gasteiger partial charge is 0.334 e. The Morgan fingerprint density at radius 3 is 2.52 bits per heavy atom. The third-order valence-corrected chi connectivity index (χ3v) is 5.07. The van der Waals surface area contributed by atoms with Gasteiger partial charge in [0.25, 0.3) is 0 Å².